The van der Waals surface area contributed by atoms with E-state index in [1.165, 1.54) is 12.1 Å². The van der Waals surface area contributed by atoms with Crippen molar-refractivity contribution in [3.05, 3.63) is 64.0 Å². The van der Waals surface area contributed by atoms with Crippen molar-refractivity contribution in [3.63, 3.8) is 0 Å². The van der Waals surface area contributed by atoms with Gasteiger partial charge in [-0.1, -0.05) is 12.1 Å². The first-order valence-corrected chi connectivity index (χ1v) is 6.25. The third kappa shape index (κ3) is 3.53. The van der Waals surface area contributed by atoms with E-state index in [9.17, 15) is 14.9 Å². The molecule has 7 nitrogen and oxygen atoms in total. The molecule has 21 heavy (non-hydrogen) atoms. The van der Waals surface area contributed by atoms with Gasteiger partial charge in [0.25, 0.3) is 11.6 Å². The van der Waals surface area contributed by atoms with Crippen LogP contribution in [0, 0.1) is 10.1 Å². The van der Waals surface area contributed by atoms with E-state index in [-0.39, 0.29) is 11.6 Å². The number of carbonyl (C=O) groups excluding carboxylic acids is 1. The highest BCUT2D eigenvalue weighted by Gasteiger charge is 2.10. The lowest BCUT2D eigenvalue weighted by molar-refractivity contribution is -0.384. The van der Waals surface area contributed by atoms with Gasteiger partial charge in [0, 0.05) is 31.9 Å². The topological polar surface area (TPSA) is 97.2 Å². The fourth-order valence-electron chi connectivity index (χ4n) is 1.80. The average Bonchev–Trinajstić information content (AvgIpc) is 2.52. The van der Waals surface area contributed by atoms with E-state index < -0.39 is 4.92 Å². The maximum atomic E-state index is 12.1. The normalized spacial score (nSPS) is 9.95. The summed E-state index contributed by atoms with van der Waals surface area (Å²) in [5.74, 6) is -0.236. The van der Waals surface area contributed by atoms with Gasteiger partial charge >= 0.3 is 0 Å². The minimum Gasteiger partial charge on any atom is -0.386 e. The lowest BCUT2D eigenvalue weighted by Gasteiger charge is -2.09. The zero-order chi connectivity index (χ0) is 15.2. The molecular weight excluding hydrogens is 272 g/mol. The number of pyridine rings is 1. The van der Waals surface area contributed by atoms with Gasteiger partial charge in [0.2, 0.25) is 0 Å². The molecule has 0 aliphatic rings. The second-order valence-corrected chi connectivity index (χ2v) is 4.28. The van der Waals surface area contributed by atoms with E-state index in [0.717, 1.165) is 5.56 Å². The highest BCUT2D eigenvalue weighted by Crippen LogP contribution is 2.14. The fourth-order valence-corrected chi connectivity index (χ4v) is 1.80. The van der Waals surface area contributed by atoms with Crippen LogP contribution in [0.4, 0.5) is 11.4 Å². The van der Waals surface area contributed by atoms with Crippen molar-refractivity contribution in [1.29, 1.82) is 0 Å². The molecule has 1 heterocycles. The van der Waals surface area contributed by atoms with E-state index in [4.69, 9.17) is 0 Å². The molecule has 1 amide bonds. The van der Waals surface area contributed by atoms with Crippen molar-refractivity contribution in [2.24, 2.45) is 0 Å². The highest BCUT2D eigenvalue weighted by molar-refractivity contribution is 5.99. The number of rotatable bonds is 5. The van der Waals surface area contributed by atoms with Gasteiger partial charge in [-0.05, 0) is 11.6 Å². The van der Waals surface area contributed by atoms with Gasteiger partial charge in [0.1, 0.15) is 0 Å². The van der Waals surface area contributed by atoms with Gasteiger partial charge < -0.3 is 10.6 Å². The molecule has 108 valence electrons. The molecule has 0 saturated heterocycles. The Balaban J connectivity index is 2.02. The van der Waals surface area contributed by atoms with Crippen LogP contribution in [0.2, 0.25) is 0 Å². The monoisotopic (exact) mass is 286 g/mol. The molecule has 1 aromatic carbocycles. The van der Waals surface area contributed by atoms with Gasteiger partial charge in [-0.25, -0.2) is 0 Å². The van der Waals surface area contributed by atoms with Gasteiger partial charge in [-0.2, -0.15) is 0 Å². The van der Waals surface area contributed by atoms with Crippen LogP contribution in [0.15, 0.2) is 42.7 Å². The molecule has 0 radical (unpaired) electrons. The molecule has 0 aliphatic heterocycles. The first-order valence-electron chi connectivity index (χ1n) is 6.25. The molecule has 7 heteroatoms. The van der Waals surface area contributed by atoms with Gasteiger partial charge in [-0.15, -0.1) is 0 Å². The van der Waals surface area contributed by atoms with Crippen LogP contribution in [0.3, 0.4) is 0 Å². The highest BCUT2D eigenvalue weighted by atomic mass is 16.6. The molecule has 0 atom stereocenters. The third-order valence-electron chi connectivity index (χ3n) is 2.94. The summed E-state index contributed by atoms with van der Waals surface area (Å²) < 4.78 is 0. The van der Waals surface area contributed by atoms with Crippen LogP contribution in [-0.2, 0) is 6.54 Å². The Morgan fingerprint density at radius 3 is 2.62 bits per heavy atom. The number of amides is 1. The first-order chi connectivity index (χ1) is 10.1. The molecular formula is C14H14N4O3. The number of hydrogen-bond donors (Lipinski definition) is 2. The summed E-state index contributed by atoms with van der Waals surface area (Å²) in [4.78, 5) is 26.1. The van der Waals surface area contributed by atoms with Gasteiger partial charge in [0.15, 0.2) is 0 Å². The lowest BCUT2D eigenvalue weighted by atomic mass is 10.2. The number of nitro benzene ring substituents is 1. The van der Waals surface area contributed by atoms with Crippen LogP contribution < -0.4 is 10.6 Å². The Morgan fingerprint density at radius 1 is 1.29 bits per heavy atom. The SMILES string of the molecule is CNc1cnccc1C(=O)NCc1ccc([N+](=O)[O-])cc1. The Morgan fingerprint density at radius 2 is 2.00 bits per heavy atom. The summed E-state index contributed by atoms with van der Waals surface area (Å²) in [6.45, 7) is 0.294. The molecule has 2 aromatic rings. The lowest BCUT2D eigenvalue weighted by Crippen LogP contribution is -2.23. The number of aromatic nitrogens is 1. The number of non-ortho nitro benzene ring substituents is 1. The zero-order valence-corrected chi connectivity index (χ0v) is 11.4. The molecule has 0 bridgehead atoms. The Bertz CT molecular complexity index is 656. The van der Waals surface area contributed by atoms with Crippen molar-refractivity contribution in [3.8, 4) is 0 Å². The number of carbonyl (C=O) groups is 1. The number of nitro groups is 1. The van der Waals surface area contributed by atoms with E-state index in [1.54, 1.807) is 37.6 Å². The summed E-state index contributed by atoms with van der Waals surface area (Å²) in [5.41, 5.74) is 1.94. The summed E-state index contributed by atoms with van der Waals surface area (Å²) in [6.07, 6.45) is 3.11. The van der Waals surface area contributed by atoms with Crippen molar-refractivity contribution < 1.29 is 9.72 Å². The molecule has 0 saturated carbocycles. The van der Waals surface area contributed by atoms with Crippen molar-refractivity contribution >= 4 is 17.3 Å². The first kappa shape index (κ1) is 14.4. The van der Waals surface area contributed by atoms with Crippen LogP contribution in [-0.4, -0.2) is 22.9 Å². The Kier molecular flexibility index (Phi) is 4.45. The summed E-state index contributed by atoms with van der Waals surface area (Å²) in [5, 5.41) is 16.2. The standard InChI is InChI=1S/C14H14N4O3/c1-15-13-9-16-7-6-12(13)14(19)17-8-10-2-4-11(5-3-10)18(20)21/h2-7,9,15H,8H2,1H3,(H,17,19). The van der Waals surface area contributed by atoms with E-state index in [1.807, 2.05) is 0 Å². The number of nitrogens with zero attached hydrogens (tertiary/aromatic N) is 2. The predicted molar refractivity (Wildman–Crippen MR) is 78.1 cm³/mol. The summed E-state index contributed by atoms with van der Waals surface area (Å²) in [7, 11) is 1.71. The van der Waals surface area contributed by atoms with Crippen LogP contribution >= 0.6 is 0 Å². The smallest absolute Gasteiger partial charge is 0.269 e. The van der Waals surface area contributed by atoms with E-state index in [0.29, 0.717) is 17.8 Å². The Labute approximate surface area is 121 Å². The molecule has 0 fully saturated rings. The molecule has 2 rings (SSSR count). The van der Waals surface area contributed by atoms with Crippen molar-refractivity contribution in [2.75, 3.05) is 12.4 Å². The minimum absolute atomic E-state index is 0.0247. The van der Waals surface area contributed by atoms with Gasteiger partial charge in [-0.3, -0.25) is 19.9 Å². The maximum absolute atomic E-state index is 12.1. The number of benzene rings is 1. The number of anilines is 1. The number of hydrogen-bond acceptors (Lipinski definition) is 5. The molecule has 2 N–H and O–H groups in total. The molecule has 0 aliphatic carbocycles. The third-order valence-corrected chi connectivity index (χ3v) is 2.94. The van der Waals surface area contributed by atoms with Crippen LogP contribution in [0.5, 0.6) is 0 Å². The second-order valence-electron chi connectivity index (χ2n) is 4.28. The van der Waals surface area contributed by atoms with Crippen LogP contribution in [0.25, 0.3) is 0 Å². The average molecular weight is 286 g/mol. The maximum Gasteiger partial charge on any atom is 0.269 e. The molecule has 1 aromatic heterocycles. The van der Waals surface area contributed by atoms with Crippen molar-refractivity contribution in [2.45, 2.75) is 6.54 Å². The molecule has 0 spiro atoms. The quantitative estimate of drug-likeness (QED) is 0.647. The van der Waals surface area contributed by atoms with E-state index in [2.05, 4.69) is 15.6 Å². The minimum atomic E-state index is -0.460. The second kappa shape index (κ2) is 6.47. The fraction of sp³-hybridized carbons (Fsp3) is 0.143. The van der Waals surface area contributed by atoms with E-state index >= 15 is 0 Å². The molecule has 0 unspecified atom stereocenters. The Hall–Kier alpha value is -2.96. The largest absolute Gasteiger partial charge is 0.386 e. The number of nitrogens with one attached hydrogen (secondary N) is 2. The summed E-state index contributed by atoms with van der Waals surface area (Å²) in [6, 6.07) is 7.67. The van der Waals surface area contributed by atoms with Gasteiger partial charge in [0.05, 0.1) is 22.4 Å². The van der Waals surface area contributed by atoms with Crippen LogP contribution in [0.1, 0.15) is 15.9 Å². The van der Waals surface area contributed by atoms with Crippen molar-refractivity contribution in [1.82, 2.24) is 10.3 Å². The predicted octanol–water partition coefficient (Wildman–Crippen LogP) is 1.96. The summed E-state index contributed by atoms with van der Waals surface area (Å²) >= 11 is 0. The zero-order valence-electron chi connectivity index (χ0n) is 11.4.